The summed E-state index contributed by atoms with van der Waals surface area (Å²) in [5.74, 6) is 1.49. The van der Waals surface area contributed by atoms with Crippen molar-refractivity contribution in [2.45, 2.75) is 34.3 Å². The molecule has 0 bridgehead atoms. The molecule has 0 aliphatic rings. The van der Waals surface area contributed by atoms with Crippen LogP contribution in [0.3, 0.4) is 0 Å². The molecule has 0 saturated heterocycles. The average Bonchev–Trinajstić information content (AvgIpc) is 3.00. The van der Waals surface area contributed by atoms with Crippen molar-refractivity contribution in [2.75, 3.05) is 12.4 Å². The third-order valence-corrected chi connectivity index (χ3v) is 4.38. The number of amides is 1. The highest BCUT2D eigenvalue weighted by atomic mass is 16.5. The molecule has 28 heavy (non-hydrogen) atoms. The van der Waals surface area contributed by atoms with Crippen molar-refractivity contribution < 1.29 is 18.8 Å². The van der Waals surface area contributed by atoms with Crippen molar-refractivity contribution in [3.63, 3.8) is 0 Å². The summed E-state index contributed by atoms with van der Waals surface area (Å²) in [6.45, 7) is 7.92. The Morgan fingerprint density at radius 3 is 2.43 bits per heavy atom. The summed E-state index contributed by atoms with van der Waals surface area (Å²) in [7, 11) is 1.56. The molecule has 0 aliphatic carbocycles. The number of nitrogens with zero attached hydrogens (tertiary/aromatic N) is 1. The third kappa shape index (κ3) is 4.34. The predicted molar refractivity (Wildman–Crippen MR) is 107 cm³/mol. The second kappa shape index (κ2) is 8.17. The molecular formula is C22H24N2O4. The second-order valence-electron chi connectivity index (χ2n) is 6.84. The first-order valence-electron chi connectivity index (χ1n) is 8.99. The van der Waals surface area contributed by atoms with Gasteiger partial charge in [-0.15, -0.1) is 0 Å². The van der Waals surface area contributed by atoms with Gasteiger partial charge in [0.15, 0.2) is 5.69 Å². The van der Waals surface area contributed by atoms with Crippen molar-refractivity contribution in [2.24, 2.45) is 0 Å². The number of ether oxygens (including phenoxy) is 2. The Morgan fingerprint density at radius 2 is 1.75 bits per heavy atom. The molecule has 0 atom stereocenters. The van der Waals surface area contributed by atoms with Gasteiger partial charge in [-0.25, -0.2) is 0 Å². The molecule has 3 aromatic rings. The molecule has 1 amide bonds. The van der Waals surface area contributed by atoms with E-state index in [-0.39, 0.29) is 18.2 Å². The molecular weight excluding hydrogens is 356 g/mol. The molecule has 0 radical (unpaired) electrons. The fraction of sp³-hybridized carbons (Fsp3) is 0.273. The number of carbonyl (C=O) groups is 1. The fourth-order valence-corrected chi connectivity index (χ4v) is 3.01. The molecule has 1 heterocycles. The van der Waals surface area contributed by atoms with Crippen molar-refractivity contribution in [3.8, 4) is 11.5 Å². The van der Waals surface area contributed by atoms with Crippen LogP contribution in [-0.4, -0.2) is 18.2 Å². The van der Waals surface area contributed by atoms with E-state index in [1.165, 1.54) is 0 Å². The maximum atomic E-state index is 12.8. The largest absolute Gasteiger partial charge is 0.495 e. The van der Waals surface area contributed by atoms with Crippen LogP contribution in [0, 0.1) is 27.7 Å². The van der Waals surface area contributed by atoms with Gasteiger partial charge in [-0.1, -0.05) is 17.3 Å². The minimum absolute atomic E-state index is 0.186. The lowest BCUT2D eigenvalue weighted by molar-refractivity contribution is 0.101. The fourth-order valence-electron chi connectivity index (χ4n) is 3.01. The number of aromatic nitrogens is 1. The Bertz CT molecular complexity index is 988. The van der Waals surface area contributed by atoms with E-state index >= 15 is 0 Å². The second-order valence-corrected chi connectivity index (χ2v) is 6.84. The molecule has 6 nitrogen and oxygen atoms in total. The Labute approximate surface area is 164 Å². The van der Waals surface area contributed by atoms with Gasteiger partial charge < -0.3 is 19.3 Å². The maximum absolute atomic E-state index is 12.8. The van der Waals surface area contributed by atoms with E-state index in [0.29, 0.717) is 22.8 Å². The summed E-state index contributed by atoms with van der Waals surface area (Å²) >= 11 is 0. The van der Waals surface area contributed by atoms with Crippen molar-refractivity contribution in [3.05, 3.63) is 70.1 Å². The standard InChI is InChI=1S/C22H24N2O4/c1-13-6-7-20(26-5)19(11-13)23-22(25)21-18(16(4)28-24-21)12-27-17-9-14(2)8-15(3)10-17/h6-11H,12H2,1-5H3,(H,23,25). The van der Waals surface area contributed by atoms with Gasteiger partial charge in [-0.05, 0) is 68.7 Å². The van der Waals surface area contributed by atoms with E-state index in [0.717, 1.165) is 22.4 Å². The van der Waals surface area contributed by atoms with Crippen LogP contribution in [0.2, 0.25) is 0 Å². The molecule has 2 aromatic carbocycles. The van der Waals surface area contributed by atoms with Crippen LogP contribution in [0.15, 0.2) is 40.9 Å². The minimum Gasteiger partial charge on any atom is -0.495 e. The molecule has 0 spiro atoms. The Kier molecular flexibility index (Phi) is 5.68. The van der Waals surface area contributed by atoms with Gasteiger partial charge in [0.1, 0.15) is 23.9 Å². The number of anilines is 1. The lowest BCUT2D eigenvalue weighted by atomic mass is 10.1. The van der Waals surface area contributed by atoms with Crippen LogP contribution < -0.4 is 14.8 Å². The SMILES string of the molecule is COc1ccc(C)cc1NC(=O)c1noc(C)c1COc1cc(C)cc(C)c1. The van der Waals surface area contributed by atoms with Gasteiger partial charge in [-0.3, -0.25) is 4.79 Å². The molecule has 0 unspecified atom stereocenters. The third-order valence-electron chi connectivity index (χ3n) is 4.38. The first-order valence-corrected chi connectivity index (χ1v) is 8.99. The highest BCUT2D eigenvalue weighted by molar-refractivity contribution is 6.04. The van der Waals surface area contributed by atoms with Crippen LogP contribution in [0.25, 0.3) is 0 Å². The van der Waals surface area contributed by atoms with Crippen LogP contribution in [0.1, 0.15) is 38.5 Å². The lowest BCUT2D eigenvalue weighted by Gasteiger charge is -2.11. The summed E-state index contributed by atoms with van der Waals surface area (Å²) in [5, 5.41) is 6.78. The summed E-state index contributed by atoms with van der Waals surface area (Å²) in [4.78, 5) is 12.8. The summed E-state index contributed by atoms with van der Waals surface area (Å²) in [6, 6.07) is 11.5. The van der Waals surface area contributed by atoms with Crippen LogP contribution in [-0.2, 0) is 6.61 Å². The number of hydrogen-bond donors (Lipinski definition) is 1. The molecule has 6 heteroatoms. The number of nitrogens with one attached hydrogen (secondary N) is 1. The molecule has 1 aromatic heterocycles. The van der Waals surface area contributed by atoms with E-state index < -0.39 is 0 Å². The van der Waals surface area contributed by atoms with Crippen LogP contribution >= 0.6 is 0 Å². The predicted octanol–water partition coefficient (Wildman–Crippen LogP) is 4.75. The Hall–Kier alpha value is -3.28. The van der Waals surface area contributed by atoms with E-state index in [1.54, 1.807) is 14.0 Å². The lowest BCUT2D eigenvalue weighted by Crippen LogP contribution is -2.16. The zero-order chi connectivity index (χ0) is 20.3. The van der Waals surface area contributed by atoms with Gasteiger partial charge in [0.25, 0.3) is 5.91 Å². The van der Waals surface area contributed by atoms with Crippen molar-refractivity contribution in [1.82, 2.24) is 5.16 Å². The van der Waals surface area contributed by atoms with Gasteiger partial charge in [0.2, 0.25) is 0 Å². The quantitative estimate of drug-likeness (QED) is 0.668. The molecule has 0 saturated carbocycles. The zero-order valence-electron chi connectivity index (χ0n) is 16.8. The number of aryl methyl sites for hydroxylation is 4. The normalized spacial score (nSPS) is 10.6. The van der Waals surface area contributed by atoms with Crippen molar-refractivity contribution >= 4 is 11.6 Å². The van der Waals surface area contributed by atoms with E-state index in [2.05, 4.69) is 16.5 Å². The minimum atomic E-state index is -0.375. The topological polar surface area (TPSA) is 73.6 Å². The Morgan fingerprint density at radius 1 is 1.04 bits per heavy atom. The summed E-state index contributed by atoms with van der Waals surface area (Å²) in [5.41, 5.74) is 4.62. The maximum Gasteiger partial charge on any atom is 0.278 e. The molecule has 146 valence electrons. The van der Waals surface area contributed by atoms with Gasteiger partial charge >= 0.3 is 0 Å². The highest BCUT2D eigenvalue weighted by Crippen LogP contribution is 2.27. The number of carbonyl (C=O) groups excluding carboxylic acids is 1. The number of rotatable bonds is 6. The average molecular weight is 380 g/mol. The van der Waals surface area contributed by atoms with E-state index in [9.17, 15) is 4.79 Å². The monoisotopic (exact) mass is 380 g/mol. The zero-order valence-corrected chi connectivity index (χ0v) is 16.8. The number of methoxy groups -OCH3 is 1. The summed E-state index contributed by atoms with van der Waals surface area (Å²) in [6.07, 6.45) is 0. The summed E-state index contributed by atoms with van der Waals surface area (Å²) < 4.78 is 16.5. The van der Waals surface area contributed by atoms with Gasteiger partial charge in [-0.2, -0.15) is 0 Å². The smallest absolute Gasteiger partial charge is 0.278 e. The first kappa shape index (κ1) is 19.5. The van der Waals surface area contributed by atoms with Crippen LogP contribution in [0.5, 0.6) is 11.5 Å². The number of hydrogen-bond acceptors (Lipinski definition) is 5. The van der Waals surface area contributed by atoms with Crippen LogP contribution in [0.4, 0.5) is 5.69 Å². The first-order chi connectivity index (χ1) is 13.4. The van der Waals surface area contributed by atoms with E-state index in [4.69, 9.17) is 14.0 Å². The van der Waals surface area contributed by atoms with Gasteiger partial charge in [0.05, 0.1) is 18.4 Å². The molecule has 0 fully saturated rings. The molecule has 3 rings (SSSR count). The van der Waals surface area contributed by atoms with Crippen molar-refractivity contribution in [1.29, 1.82) is 0 Å². The molecule has 1 N–H and O–H groups in total. The number of benzene rings is 2. The van der Waals surface area contributed by atoms with E-state index in [1.807, 2.05) is 51.1 Å². The van der Waals surface area contributed by atoms with Gasteiger partial charge in [0, 0.05) is 0 Å². The Balaban J connectivity index is 1.80. The molecule has 0 aliphatic heterocycles. The highest BCUT2D eigenvalue weighted by Gasteiger charge is 2.21.